The van der Waals surface area contributed by atoms with Gasteiger partial charge >= 0.3 is 0 Å². The van der Waals surface area contributed by atoms with Crippen molar-refractivity contribution in [1.29, 1.82) is 0 Å². The molecule has 0 radical (unpaired) electrons. The third-order valence-corrected chi connectivity index (χ3v) is 9.21. The quantitative estimate of drug-likeness (QED) is 0.198. The summed E-state index contributed by atoms with van der Waals surface area (Å²) in [6.45, 7) is 5.15. The number of carbonyl (C=O) groups is 2. The fraction of sp³-hybridized carbons (Fsp3) is 0.235. The SMILES string of the molecule is Cc1ccccc1N(CC(=O)N(Cc1cccc(Br)c1)[C@H](Cc1ccccc1)C(=O)NC(C)C)S(=O)(=O)c1ccccc1. The minimum absolute atomic E-state index is 0.0722. The summed E-state index contributed by atoms with van der Waals surface area (Å²) in [5, 5.41) is 2.97. The van der Waals surface area contributed by atoms with Gasteiger partial charge in [0.25, 0.3) is 10.0 Å². The van der Waals surface area contributed by atoms with Crippen LogP contribution in [0.1, 0.15) is 30.5 Å². The number of amides is 2. The molecule has 1 atom stereocenters. The second kappa shape index (κ2) is 14.5. The second-order valence-electron chi connectivity index (χ2n) is 10.6. The monoisotopic (exact) mass is 661 g/mol. The number of hydrogen-bond donors (Lipinski definition) is 1. The molecule has 0 aliphatic rings. The van der Waals surface area contributed by atoms with E-state index >= 15 is 0 Å². The molecule has 224 valence electrons. The van der Waals surface area contributed by atoms with Crippen molar-refractivity contribution in [2.45, 2.75) is 50.7 Å². The Labute approximate surface area is 262 Å². The van der Waals surface area contributed by atoms with E-state index in [0.717, 1.165) is 19.9 Å². The second-order valence-corrected chi connectivity index (χ2v) is 13.4. The van der Waals surface area contributed by atoms with Crippen LogP contribution >= 0.6 is 15.9 Å². The van der Waals surface area contributed by atoms with Crippen LogP contribution < -0.4 is 9.62 Å². The number of nitrogens with zero attached hydrogens (tertiary/aromatic N) is 2. The first-order chi connectivity index (χ1) is 20.6. The number of sulfonamides is 1. The Bertz CT molecular complexity index is 1650. The highest BCUT2D eigenvalue weighted by atomic mass is 79.9. The van der Waals surface area contributed by atoms with E-state index in [1.165, 1.54) is 17.0 Å². The average molecular weight is 663 g/mol. The fourth-order valence-electron chi connectivity index (χ4n) is 4.84. The first-order valence-corrected chi connectivity index (χ1v) is 16.3. The topological polar surface area (TPSA) is 86.8 Å². The molecule has 4 aromatic rings. The van der Waals surface area contributed by atoms with Crippen LogP contribution in [0.3, 0.4) is 0 Å². The largest absolute Gasteiger partial charge is 0.352 e. The molecule has 2 amide bonds. The summed E-state index contributed by atoms with van der Waals surface area (Å²) in [5.74, 6) is -0.807. The first-order valence-electron chi connectivity index (χ1n) is 14.1. The van der Waals surface area contributed by atoms with Gasteiger partial charge in [0, 0.05) is 23.5 Å². The lowest BCUT2D eigenvalue weighted by molar-refractivity contribution is -0.140. The summed E-state index contributed by atoms with van der Waals surface area (Å²) >= 11 is 3.50. The summed E-state index contributed by atoms with van der Waals surface area (Å²) in [6, 6.07) is 31.1. The molecule has 0 fully saturated rings. The molecule has 0 aliphatic carbocycles. The van der Waals surface area contributed by atoms with Crippen molar-refractivity contribution >= 4 is 43.5 Å². The van der Waals surface area contributed by atoms with Crippen LogP contribution in [0.25, 0.3) is 0 Å². The van der Waals surface area contributed by atoms with Crippen LogP contribution in [0.2, 0.25) is 0 Å². The molecule has 0 spiro atoms. The van der Waals surface area contributed by atoms with E-state index in [9.17, 15) is 18.0 Å². The van der Waals surface area contributed by atoms with E-state index in [4.69, 9.17) is 0 Å². The Morgan fingerprint density at radius 2 is 1.42 bits per heavy atom. The zero-order valence-corrected chi connectivity index (χ0v) is 26.9. The molecule has 9 heteroatoms. The predicted octanol–water partition coefficient (Wildman–Crippen LogP) is 6.12. The van der Waals surface area contributed by atoms with Gasteiger partial charge in [-0.25, -0.2) is 8.42 Å². The number of nitrogens with one attached hydrogen (secondary N) is 1. The normalized spacial score (nSPS) is 12.0. The van der Waals surface area contributed by atoms with Gasteiger partial charge < -0.3 is 10.2 Å². The molecule has 0 aliphatic heterocycles. The number of anilines is 1. The van der Waals surface area contributed by atoms with Gasteiger partial charge in [-0.1, -0.05) is 94.8 Å². The van der Waals surface area contributed by atoms with Crippen LogP contribution in [0.5, 0.6) is 0 Å². The average Bonchev–Trinajstić information content (AvgIpc) is 2.98. The fourth-order valence-corrected chi connectivity index (χ4v) is 6.79. The maximum atomic E-state index is 14.5. The van der Waals surface area contributed by atoms with Gasteiger partial charge in [-0.3, -0.25) is 13.9 Å². The summed E-state index contributed by atoms with van der Waals surface area (Å²) in [5.41, 5.74) is 2.78. The summed E-state index contributed by atoms with van der Waals surface area (Å²) in [6.07, 6.45) is 0.259. The zero-order valence-electron chi connectivity index (χ0n) is 24.5. The molecule has 0 saturated carbocycles. The van der Waals surface area contributed by atoms with Crippen LogP contribution in [0, 0.1) is 6.92 Å². The molecular formula is C34H36BrN3O4S. The van der Waals surface area contributed by atoms with E-state index < -0.39 is 28.5 Å². The molecule has 4 rings (SSSR count). The number of hydrogen-bond acceptors (Lipinski definition) is 4. The molecule has 0 saturated heterocycles. The molecule has 1 N–H and O–H groups in total. The maximum Gasteiger partial charge on any atom is 0.264 e. The summed E-state index contributed by atoms with van der Waals surface area (Å²) < 4.78 is 30.1. The Balaban J connectivity index is 1.81. The Hall–Kier alpha value is -3.95. The molecule has 0 unspecified atom stereocenters. The summed E-state index contributed by atoms with van der Waals surface area (Å²) in [4.78, 5) is 29.8. The van der Waals surface area contributed by atoms with Gasteiger partial charge in [-0.2, -0.15) is 0 Å². The highest BCUT2D eigenvalue weighted by Gasteiger charge is 2.35. The number of para-hydroxylation sites is 1. The van der Waals surface area contributed by atoms with E-state index in [-0.39, 0.29) is 29.8 Å². The zero-order chi connectivity index (χ0) is 31.0. The number of carbonyl (C=O) groups excluding carboxylic acids is 2. The van der Waals surface area contributed by atoms with E-state index in [1.54, 1.807) is 43.3 Å². The van der Waals surface area contributed by atoms with Crippen molar-refractivity contribution in [2.75, 3.05) is 10.8 Å². The van der Waals surface area contributed by atoms with Crippen molar-refractivity contribution in [3.05, 3.63) is 130 Å². The maximum absolute atomic E-state index is 14.5. The Morgan fingerprint density at radius 3 is 2.05 bits per heavy atom. The Morgan fingerprint density at radius 1 is 0.814 bits per heavy atom. The minimum Gasteiger partial charge on any atom is -0.352 e. The molecule has 0 aromatic heterocycles. The number of halogens is 1. The third kappa shape index (κ3) is 8.33. The standard InChI is InChI=1S/C34H36BrN3O4S/c1-25(2)36-34(40)32(22-27-14-6-4-7-15-27)37(23-28-16-12-17-29(35)21-28)33(39)24-38(31-20-11-10-13-26(31)3)43(41,42)30-18-8-5-9-19-30/h4-21,25,32H,22-24H2,1-3H3,(H,36,40)/t32-/m1/s1. The van der Waals surface area contributed by atoms with Gasteiger partial charge in [0.1, 0.15) is 12.6 Å². The summed E-state index contributed by atoms with van der Waals surface area (Å²) in [7, 11) is -4.13. The van der Waals surface area contributed by atoms with Crippen LogP contribution in [0.15, 0.2) is 119 Å². The van der Waals surface area contributed by atoms with Gasteiger partial charge in [0.05, 0.1) is 10.6 Å². The highest BCUT2D eigenvalue weighted by molar-refractivity contribution is 9.10. The third-order valence-electron chi connectivity index (χ3n) is 6.94. The van der Waals surface area contributed by atoms with Gasteiger partial charge in [0.2, 0.25) is 11.8 Å². The van der Waals surface area contributed by atoms with Crippen molar-refractivity contribution in [3.8, 4) is 0 Å². The lowest BCUT2D eigenvalue weighted by atomic mass is 10.0. The molecule has 0 heterocycles. The number of aryl methyl sites for hydroxylation is 1. The van der Waals surface area contributed by atoms with E-state index in [0.29, 0.717) is 11.3 Å². The predicted molar refractivity (Wildman–Crippen MR) is 174 cm³/mol. The Kier molecular flexibility index (Phi) is 10.8. The van der Waals surface area contributed by atoms with Crippen molar-refractivity contribution in [1.82, 2.24) is 10.2 Å². The molecule has 7 nitrogen and oxygen atoms in total. The number of rotatable bonds is 12. The van der Waals surface area contributed by atoms with Crippen molar-refractivity contribution in [3.63, 3.8) is 0 Å². The minimum atomic E-state index is -4.13. The van der Waals surface area contributed by atoms with Crippen LogP contribution in [-0.2, 0) is 32.6 Å². The highest BCUT2D eigenvalue weighted by Crippen LogP contribution is 2.28. The van der Waals surface area contributed by atoms with Crippen molar-refractivity contribution in [2.24, 2.45) is 0 Å². The molecule has 43 heavy (non-hydrogen) atoms. The molecular weight excluding hydrogens is 626 g/mol. The van der Waals surface area contributed by atoms with E-state index in [1.807, 2.05) is 74.5 Å². The van der Waals surface area contributed by atoms with Gasteiger partial charge in [0.15, 0.2) is 0 Å². The number of benzene rings is 4. The smallest absolute Gasteiger partial charge is 0.264 e. The van der Waals surface area contributed by atoms with Crippen LogP contribution in [-0.4, -0.2) is 43.8 Å². The molecule has 4 aromatic carbocycles. The van der Waals surface area contributed by atoms with Crippen molar-refractivity contribution < 1.29 is 18.0 Å². The lowest BCUT2D eigenvalue weighted by Crippen LogP contribution is -2.54. The van der Waals surface area contributed by atoms with E-state index in [2.05, 4.69) is 21.2 Å². The first kappa shape index (κ1) is 32.0. The van der Waals surface area contributed by atoms with Crippen LogP contribution in [0.4, 0.5) is 5.69 Å². The van der Waals surface area contributed by atoms with Gasteiger partial charge in [-0.15, -0.1) is 0 Å². The van der Waals surface area contributed by atoms with Gasteiger partial charge in [-0.05, 0) is 67.8 Å². The molecule has 0 bridgehead atoms. The lowest BCUT2D eigenvalue weighted by Gasteiger charge is -2.34.